The molecule has 124 valence electrons. The maximum absolute atomic E-state index is 12.7. The number of piperidine rings is 1. The third-order valence-corrected chi connectivity index (χ3v) is 4.31. The number of nitrogens with two attached hydrogens (primary N) is 1. The molecule has 1 atom stereocenters. The quantitative estimate of drug-likeness (QED) is 0.892. The van der Waals surface area contributed by atoms with Crippen LogP contribution in [0.25, 0.3) is 5.69 Å². The number of carbonyl (C=O) groups is 1. The number of carbonyl (C=O) groups excluding carboxylic acids is 1. The molecular formula is C15H21ClN6O. The lowest BCUT2D eigenvalue weighted by molar-refractivity contribution is 0.0533. The van der Waals surface area contributed by atoms with Crippen LogP contribution in [0.2, 0.25) is 0 Å². The highest BCUT2D eigenvalue weighted by molar-refractivity contribution is 5.94. The van der Waals surface area contributed by atoms with Gasteiger partial charge in [0.05, 0.1) is 5.69 Å². The first-order chi connectivity index (χ1) is 10.5. The van der Waals surface area contributed by atoms with Gasteiger partial charge < -0.3 is 10.6 Å². The van der Waals surface area contributed by atoms with Crippen molar-refractivity contribution in [3.05, 3.63) is 36.2 Å². The van der Waals surface area contributed by atoms with E-state index in [1.54, 1.807) is 6.07 Å². The monoisotopic (exact) mass is 336 g/mol. The third-order valence-electron chi connectivity index (χ3n) is 4.31. The highest BCUT2D eigenvalue weighted by Crippen LogP contribution is 2.28. The highest BCUT2D eigenvalue weighted by Gasteiger charge is 2.35. The van der Waals surface area contributed by atoms with Gasteiger partial charge in [0.15, 0.2) is 0 Å². The van der Waals surface area contributed by atoms with Crippen molar-refractivity contribution in [1.82, 2.24) is 25.1 Å². The summed E-state index contributed by atoms with van der Waals surface area (Å²) in [6, 6.07) is 7.45. The Hall–Kier alpha value is -1.99. The van der Waals surface area contributed by atoms with Crippen LogP contribution in [-0.2, 0) is 0 Å². The van der Waals surface area contributed by atoms with Gasteiger partial charge in [-0.25, -0.2) is 4.68 Å². The van der Waals surface area contributed by atoms with Crippen LogP contribution < -0.4 is 5.73 Å². The van der Waals surface area contributed by atoms with E-state index in [1.165, 1.54) is 11.0 Å². The maximum atomic E-state index is 12.7. The molecule has 2 aromatic rings. The van der Waals surface area contributed by atoms with Crippen LogP contribution in [0.1, 0.15) is 30.6 Å². The maximum Gasteiger partial charge on any atom is 0.253 e. The van der Waals surface area contributed by atoms with Gasteiger partial charge in [0, 0.05) is 24.7 Å². The number of tetrazole rings is 1. The van der Waals surface area contributed by atoms with Gasteiger partial charge in [-0.1, -0.05) is 19.9 Å². The number of rotatable bonds is 2. The van der Waals surface area contributed by atoms with Gasteiger partial charge >= 0.3 is 0 Å². The summed E-state index contributed by atoms with van der Waals surface area (Å²) in [7, 11) is 0. The van der Waals surface area contributed by atoms with Gasteiger partial charge in [0.25, 0.3) is 5.91 Å². The van der Waals surface area contributed by atoms with Crippen molar-refractivity contribution < 1.29 is 4.79 Å². The minimum absolute atomic E-state index is 0. The Morgan fingerprint density at radius 2 is 2.17 bits per heavy atom. The fraction of sp³-hybridized carbons (Fsp3) is 0.467. The molecule has 1 aromatic carbocycles. The van der Waals surface area contributed by atoms with E-state index in [0.717, 1.165) is 12.1 Å². The van der Waals surface area contributed by atoms with Crippen LogP contribution in [0.3, 0.4) is 0 Å². The van der Waals surface area contributed by atoms with E-state index in [4.69, 9.17) is 5.73 Å². The number of halogens is 1. The second-order valence-electron chi connectivity index (χ2n) is 6.42. The number of likely N-dealkylation sites (tertiary alicyclic amines) is 1. The van der Waals surface area contributed by atoms with Gasteiger partial charge in [0.2, 0.25) is 0 Å². The van der Waals surface area contributed by atoms with Crippen molar-refractivity contribution in [3.8, 4) is 5.69 Å². The van der Waals surface area contributed by atoms with Crippen molar-refractivity contribution in [1.29, 1.82) is 0 Å². The van der Waals surface area contributed by atoms with Crippen molar-refractivity contribution in [3.63, 3.8) is 0 Å². The topological polar surface area (TPSA) is 89.9 Å². The number of nitrogens with zero attached hydrogens (tertiary/aromatic N) is 5. The molecular weight excluding hydrogens is 316 g/mol. The second-order valence-corrected chi connectivity index (χ2v) is 6.42. The standard InChI is InChI=1S/C15H20N6O.ClH/c1-15(2)9-20(7-6-13(15)16)14(22)11-4-3-5-12(8-11)21-10-17-18-19-21;/h3-5,8,10,13H,6-7,9,16H2,1-2H3;1H. The van der Waals surface area contributed by atoms with Gasteiger partial charge in [-0.05, 0) is 40.5 Å². The smallest absolute Gasteiger partial charge is 0.253 e. The summed E-state index contributed by atoms with van der Waals surface area (Å²) >= 11 is 0. The van der Waals surface area contributed by atoms with Crippen molar-refractivity contribution >= 4 is 18.3 Å². The first-order valence-corrected chi connectivity index (χ1v) is 7.36. The number of hydrogen-bond acceptors (Lipinski definition) is 5. The molecule has 7 nitrogen and oxygen atoms in total. The predicted octanol–water partition coefficient (Wildman–Crippen LogP) is 1.28. The van der Waals surface area contributed by atoms with Crippen LogP contribution in [0.15, 0.2) is 30.6 Å². The Kier molecular flexibility index (Phi) is 5.01. The summed E-state index contributed by atoms with van der Waals surface area (Å²) in [6.07, 6.45) is 2.33. The van der Waals surface area contributed by atoms with Crippen LogP contribution >= 0.6 is 12.4 Å². The number of hydrogen-bond donors (Lipinski definition) is 1. The highest BCUT2D eigenvalue weighted by atomic mass is 35.5. The lowest BCUT2D eigenvalue weighted by Gasteiger charge is -2.42. The molecule has 2 N–H and O–H groups in total. The predicted molar refractivity (Wildman–Crippen MR) is 88.7 cm³/mol. The van der Waals surface area contributed by atoms with Gasteiger partial charge in [-0.15, -0.1) is 17.5 Å². The molecule has 23 heavy (non-hydrogen) atoms. The molecule has 1 unspecified atom stereocenters. The molecule has 3 rings (SSSR count). The van der Waals surface area contributed by atoms with Crippen LogP contribution in [0.5, 0.6) is 0 Å². The second kappa shape index (κ2) is 6.64. The number of amides is 1. The lowest BCUT2D eigenvalue weighted by Crippen LogP contribution is -2.54. The van der Waals surface area contributed by atoms with E-state index in [2.05, 4.69) is 29.4 Å². The summed E-state index contributed by atoms with van der Waals surface area (Å²) in [5.41, 5.74) is 7.48. The van der Waals surface area contributed by atoms with Crippen LogP contribution in [0.4, 0.5) is 0 Å². The molecule has 1 saturated heterocycles. The number of aromatic nitrogens is 4. The fourth-order valence-corrected chi connectivity index (χ4v) is 2.79. The van der Waals surface area contributed by atoms with E-state index in [1.807, 2.05) is 23.1 Å². The summed E-state index contributed by atoms with van der Waals surface area (Å²) in [6.45, 7) is 5.57. The molecule has 0 saturated carbocycles. The molecule has 1 aromatic heterocycles. The van der Waals surface area contributed by atoms with E-state index in [-0.39, 0.29) is 29.8 Å². The van der Waals surface area contributed by atoms with Gasteiger partial charge in [-0.3, -0.25) is 4.79 Å². The van der Waals surface area contributed by atoms with Crippen molar-refractivity contribution in [2.45, 2.75) is 26.3 Å². The van der Waals surface area contributed by atoms with Crippen molar-refractivity contribution in [2.75, 3.05) is 13.1 Å². The average molecular weight is 337 g/mol. The van der Waals surface area contributed by atoms with E-state index in [9.17, 15) is 4.79 Å². The van der Waals surface area contributed by atoms with Gasteiger partial charge in [0.1, 0.15) is 6.33 Å². The summed E-state index contributed by atoms with van der Waals surface area (Å²) in [5, 5.41) is 11.1. The Morgan fingerprint density at radius 1 is 1.39 bits per heavy atom. The summed E-state index contributed by atoms with van der Waals surface area (Å²) in [4.78, 5) is 14.6. The minimum atomic E-state index is -0.0681. The van der Waals surface area contributed by atoms with E-state index >= 15 is 0 Å². The SMILES string of the molecule is CC1(C)CN(C(=O)c2cccc(-n3cnnn3)c2)CCC1N.Cl. The zero-order valence-corrected chi connectivity index (χ0v) is 14.0. The zero-order chi connectivity index (χ0) is 15.7. The Balaban J connectivity index is 0.00000192. The fourth-order valence-electron chi connectivity index (χ4n) is 2.79. The van der Waals surface area contributed by atoms with E-state index in [0.29, 0.717) is 18.7 Å². The summed E-state index contributed by atoms with van der Waals surface area (Å²) < 4.78 is 1.53. The molecule has 0 aliphatic carbocycles. The van der Waals surface area contributed by atoms with Crippen molar-refractivity contribution in [2.24, 2.45) is 11.1 Å². The molecule has 1 aliphatic rings. The molecule has 1 fully saturated rings. The Labute approximate surface area is 141 Å². The molecule has 1 aliphatic heterocycles. The molecule has 0 radical (unpaired) electrons. The normalized spacial score (nSPS) is 20.0. The Bertz CT molecular complexity index is 672. The molecule has 0 spiro atoms. The largest absolute Gasteiger partial charge is 0.338 e. The zero-order valence-electron chi connectivity index (χ0n) is 13.2. The van der Waals surface area contributed by atoms with Crippen LogP contribution in [-0.4, -0.2) is 50.1 Å². The Morgan fingerprint density at radius 3 is 2.83 bits per heavy atom. The average Bonchev–Trinajstić information content (AvgIpc) is 3.04. The summed E-state index contributed by atoms with van der Waals surface area (Å²) in [5.74, 6) is 0.0231. The third kappa shape index (κ3) is 3.51. The molecule has 2 heterocycles. The number of benzene rings is 1. The first kappa shape index (κ1) is 17.4. The van der Waals surface area contributed by atoms with Gasteiger partial charge in [-0.2, -0.15) is 0 Å². The van der Waals surface area contributed by atoms with E-state index < -0.39 is 0 Å². The lowest BCUT2D eigenvalue weighted by atomic mass is 9.79. The van der Waals surface area contributed by atoms with Crippen LogP contribution in [0, 0.1) is 5.41 Å². The molecule has 1 amide bonds. The first-order valence-electron chi connectivity index (χ1n) is 7.36. The minimum Gasteiger partial charge on any atom is -0.338 e. The molecule has 8 heteroatoms. The molecule has 0 bridgehead atoms.